The Bertz CT molecular complexity index is 452. The highest BCUT2D eigenvalue weighted by Gasteiger charge is 2.20. The first-order valence-electron chi connectivity index (χ1n) is 4.19. The third-order valence-corrected chi connectivity index (χ3v) is 3.29. The van der Waals surface area contributed by atoms with E-state index < -0.39 is 15.4 Å². The minimum Gasteiger partial charge on any atom is -0.504 e. The third-order valence-electron chi connectivity index (χ3n) is 2.12. The number of methoxy groups -OCH3 is 1. The smallest absolute Gasteiger partial charge is 0.271 e. The van der Waals surface area contributed by atoms with E-state index >= 15 is 0 Å². The fourth-order valence-electron chi connectivity index (χ4n) is 1.12. The van der Waals surface area contributed by atoms with Gasteiger partial charge < -0.3 is 9.84 Å². The summed E-state index contributed by atoms with van der Waals surface area (Å²) in [6.07, 6.45) is 0. The first kappa shape index (κ1) is 11.8. The first-order valence-corrected chi connectivity index (χ1v) is 5.69. The largest absolute Gasteiger partial charge is 0.504 e. The highest BCUT2D eigenvalue weighted by atomic mass is 32.2. The molecule has 1 aromatic carbocycles. The second-order valence-electron chi connectivity index (χ2n) is 3.09. The van der Waals surface area contributed by atoms with E-state index in [1.54, 1.807) is 0 Å². The average molecular weight is 232 g/mol. The van der Waals surface area contributed by atoms with E-state index in [1.807, 2.05) is 0 Å². The van der Waals surface area contributed by atoms with Gasteiger partial charge >= 0.3 is 0 Å². The number of aromatic hydroxyl groups is 1. The summed E-state index contributed by atoms with van der Waals surface area (Å²) >= 11 is 0. The number of rotatable bonds is 3. The summed E-state index contributed by atoms with van der Waals surface area (Å²) in [4.78, 5) is 0. The van der Waals surface area contributed by atoms with Gasteiger partial charge in [-0.1, -0.05) is 6.07 Å². The zero-order valence-corrected chi connectivity index (χ0v) is 9.15. The molecule has 1 aromatic rings. The quantitative estimate of drug-likeness (QED) is 0.768. The van der Waals surface area contributed by atoms with E-state index in [0.717, 1.165) is 0 Å². The average Bonchev–Trinajstić information content (AvgIpc) is 2.16. The van der Waals surface area contributed by atoms with Crippen molar-refractivity contribution in [2.75, 3.05) is 7.11 Å². The van der Waals surface area contributed by atoms with E-state index in [9.17, 15) is 13.5 Å². The van der Waals surface area contributed by atoms with Crippen molar-refractivity contribution in [3.63, 3.8) is 0 Å². The van der Waals surface area contributed by atoms with Crippen LogP contribution < -0.4 is 4.74 Å². The van der Waals surface area contributed by atoms with E-state index in [0.29, 0.717) is 5.56 Å². The molecule has 84 valence electrons. The van der Waals surface area contributed by atoms with Crippen LogP contribution in [0.15, 0.2) is 18.2 Å². The number of ether oxygens (including phenoxy) is 1. The van der Waals surface area contributed by atoms with Crippen molar-refractivity contribution in [1.29, 1.82) is 0 Å². The number of hydrogen-bond donors (Lipinski definition) is 2. The van der Waals surface area contributed by atoms with Crippen LogP contribution in [0, 0.1) is 0 Å². The molecule has 0 aliphatic carbocycles. The molecule has 1 atom stereocenters. The zero-order valence-electron chi connectivity index (χ0n) is 8.34. The van der Waals surface area contributed by atoms with E-state index in [1.165, 1.54) is 32.2 Å². The molecule has 0 unspecified atom stereocenters. The predicted molar refractivity (Wildman–Crippen MR) is 54.6 cm³/mol. The Balaban J connectivity index is 3.17. The molecule has 0 aliphatic heterocycles. The van der Waals surface area contributed by atoms with Gasteiger partial charge in [-0.15, -0.1) is 0 Å². The van der Waals surface area contributed by atoms with E-state index in [2.05, 4.69) is 0 Å². The van der Waals surface area contributed by atoms with Crippen molar-refractivity contribution in [2.45, 2.75) is 12.2 Å². The summed E-state index contributed by atoms with van der Waals surface area (Å²) in [6, 6.07) is 4.10. The second kappa shape index (κ2) is 4.08. The minimum atomic E-state index is -4.13. The molecule has 2 N–H and O–H groups in total. The fourth-order valence-corrected chi connectivity index (χ4v) is 1.61. The van der Waals surface area contributed by atoms with Gasteiger partial charge in [0.05, 0.1) is 7.11 Å². The molecule has 0 aliphatic rings. The minimum absolute atomic E-state index is 0.0798. The number of benzene rings is 1. The zero-order chi connectivity index (χ0) is 11.6. The van der Waals surface area contributed by atoms with Crippen LogP contribution >= 0.6 is 0 Å². The molecule has 0 saturated heterocycles. The SMILES string of the molecule is COc1cc([C@@H](C)S(=O)(=O)O)ccc1O. The Morgan fingerprint density at radius 3 is 2.47 bits per heavy atom. The Hall–Kier alpha value is -1.27. The van der Waals surface area contributed by atoms with Crippen LogP contribution in [-0.4, -0.2) is 25.2 Å². The molecule has 1 rings (SSSR count). The molecular formula is C9H12O5S. The van der Waals surface area contributed by atoms with Crippen LogP contribution in [0.5, 0.6) is 11.5 Å². The lowest BCUT2D eigenvalue weighted by Crippen LogP contribution is -2.08. The van der Waals surface area contributed by atoms with Crippen molar-refractivity contribution in [3.8, 4) is 11.5 Å². The molecule has 0 fully saturated rings. The van der Waals surface area contributed by atoms with Crippen LogP contribution in [0.1, 0.15) is 17.7 Å². The van der Waals surface area contributed by atoms with Gasteiger partial charge in [-0.2, -0.15) is 8.42 Å². The van der Waals surface area contributed by atoms with E-state index in [-0.39, 0.29) is 11.5 Å². The molecule has 15 heavy (non-hydrogen) atoms. The molecule has 6 heteroatoms. The monoisotopic (exact) mass is 232 g/mol. The van der Waals surface area contributed by atoms with Gasteiger partial charge in [0.2, 0.25) is 0 Å². The Labute approximate surface area is 88.1 Å². The number of hydrogen-bond acceptors (Lipinski definition) is 4. The third kappa shape index (κ3) is 2.60. The maximum atomic E-state index is 10.9. The maximum absolute atomic E-state index is 10.9. The molecule has 0 heterocycles. The van der Waals surface area contributed by atoms with Crippen LogP contribution in [0.2, 0.25) is 0 Å². The fraction of sp³-hybridized carbons (Fsp3) is 0.333. The predicted octanol–water partition coefficient (Wildman–Crippen LogP) is 1.35. The molecule has 0 bridgehead atoms. The lowest BCUT2D eigenvalue weighted by Gasteiger charge is -2.10. The highest BCUT2D eigenvalue weighted by molar-refractivity contribution is 7.86. The summed E-state index contributed by atoms with van der Waals surface area (Å²) < 4.78 is 35.4. The van der Waals surface area contributed by atoms with Gasteiger partial charge in [-0.05, 0) is 24.6 Å². The van der Waals surface area contributed by atoms with Gasteiger partial charge in [-0.25, -0.2) is 0 Å². The van der Waals surface area contributed by atoms with Gasteiger partial charge in [0.25, 0.3) is 10.1 Å². The molecule has 0 saturated carbocycles. The Morgan fingerprint density at radius 2 is 2.00 bits per heavy atom. The maximum Gasteiger partial charge on any atom is 0.271 e. The highest BCUT2D eigenvalue weighted by Crippen LogP contribution is 2.31. The summed E-state index contributed by atoms with van der Waals surface area (Å²) in [5.74, 6) is 0.0896. The first-order chi connectivity index (χ1) is 6.86. The summed E-state index contributed by atoms with van der Waals surface area (Å²) in [7, 11) is -2.77. The molecule has 0 aromatic heterocycles. The number of phenolic OH excluding ortho intramolecular Hbond substituents is 1. The van der Waals surface area contributed by atoms with Crippen molar-refractivity contribution in [3.05, 3.63) is 23.8 Å². The normalized spacial score (nSPS) is 13.5. The van der Waals surface area contributed by atoms with Crippen molar-refractivity contribution in [1.82, 2.24) is 0 Å². The van der Waals surface area contributed by atoms with Gasteiger partial charge in [-0.3, -0.25) is 4.55 Å². The van der Waals surface area contributed by atoms with Crippen molar-refractivity contribution < 1.29 is 22.8 Å². The Morgan fingerprint density at radius 1 is 1.40 bits per heavy atom. The lowest BCUT2D eigenvalue weighted by atomic mass is 10.1. The topological polar surface area (TPSA) is 83.8 Å². The summed E-state index contributed by atoms with van der Waals surface area (Å²) in [6.45, 7) is 1.35. The van der Waals surface area contributed by atoms with Crippen LogP contribution in [0.3, 0.4) is 0 Å². The molecule has 0 radical (unpaired) electrons. The number of phenols is 1. The van der Waals surface area contributed by atoms with Crippen molar-refractivity contribution >= 4 is 10.1 Å². The van der Waals surface area contributed by atoms with Crippen LogP contribution in [0.4, 0.5) is 0 Å². The second-order valence-corrected chi connectivity index (χ2v) is 4.83. The molecular weight excluding hydrogens is 220 g/mol. The standard InChI is InChI=1S/C9H12O5S/c1-6(15(11,12)13)7-3-4-8(10)9(5-7)14-2/h3-6,10H,1-2H3,(H,11,12,13)/t6-/m1/s1. The van der Waals surface area contributed by atoms with Crippen LogP contribution in [0.25, 0.3) is 0 Å². The van der Waals surface area contributed by atoms with Gasteiger partial charge in [0.15, 0.2) is 11.5 Å². The van der Waals surface area contributed by atoms with Gasteiger partial charge in [0, 0.05) is 0 Å². The Kier molecular flexibility index (Phi) is 3.21. The molecule has 0 spiro atoms. The summed E-state index contributed by atoms with van der Waals surface area (Å²) in [5.41, 5.74) is 0.354. The summed E-state index contributed by atoms with van der Waals surface area (Å²) in [5, 5.41) is 8.23. The molecule has 0 amide bonds. The van der Waals surface area contributed by atoms with Crippen molar-refractivity contribution in [2.24, 2.45) is 0 Å². The van der Waals surface area contributed by atoms with E-state index in [4.69, 9.17) is 9.29 Å². The van der Waals surface area contributed by atoms with Gasteiger partial charge in [0.1, 0.15) is 5.25 Å². The van der Waals surface area contributed by atoms with Crippen LogP contribution in [-0.2, 0) is 10.1 Å². The molecule has 5 nitrogen and oxygen atoms in total. The lowest BCUT2D eigenvalue weighted by molar-refractivity contribution is 0.373.